The second kappa shape index (κ2) is 4.91. The van der Waals surface area contributed by atoms with E-state index < -0.39 is 0 Å². The molecule has 94 valence electrons. The van der Waals surface area contributed by atoms with E-state index in [0.717, 1.165) is 25.5 Å². The van der Waals surface area contributed by atoms with E-state index >= 15 is 0 Å². The minimum absolute atomic E-state index is 0.626. The fraction of sp³-hybridized carbons (Fsp3) is 0.615. The lowest BCUT2D eigenvalue weighted by Gasteiger charge is -2.44. The Morgan fingerprint density at radius 3 is 3.11 bits per heavy atom. The molecule has 3 rings (SSSR count). The van der Waals surface area contributed by atoms with E-state index in [2.05, 4.69) is 26.1 Å². The van der Waals surface area contributed by atoms with Gasteiger partial charge in [-0.3, -0.25) is 4.90 Å². The molecule has 0 aliphatic carbocycles. The smallest absolute Gasteiger partial charge is 0.169 e. The van der Waals surface area contributed by atoms with Crippen LogP contribution >= 0.6 is 0 Å². The van der Waals surface area contributed by atoms with Crippen molar-refractivity contribution in [1.82, 2.24) is 15.1 Å². The van der Waals surface area contributed by atoms with Crippen molar-refractivity contribution < 1.29 is 0 Å². The van der Waals surface area contributed by atoms with Gasteiger partial charge in [-0.25, -0.2) is 0 Å². The molecule has 5 heteroatoms. The Balaban J connectivity index is 1.79. The van der Waals surface area contributed by atoms with Crippen LogP contribution in [0.1, 0.15) is 24.8 Å². The Bertz CT molecular complexity index is 467. The van der Waals surface area contributed by atoms with Gasteiger partial charge in [0.15, 0.2) is 5.82 Å². The number of hydrogen-bond acceptors (Lipinski definition) is 5. The van der Waals surface area contributed by atoms with Crippen LogP contribution in [0.25, 0.3) is 0 Å². The number of piperazine rings is 1. The molecule has 0 radical (unpaired) electrons. The van der Waals surface area contributed by atoms with Crippen molar-refractivity contribution in [2.45, 2.75) is 25.3 Å². The SMILES string of the molecule is N#Cc1ccnnc1N1CCN2CCCCC2C1. The molecule has 3 heterocycles. The zero-order valence-corrected chi connectivity index (χ0v) is 10.4. The summed E-state index contributed by atoms with van der Waals surface area (Å²) in [6.07, 6.45) is 5.49. The van der Waals surface area contributed by atoms with Crippen LogP contribution < -0.4 is 4.90 Å². The second-order valence-corrected chi connectivity index (χ2v) is 5.01. The summed E-state index contributed by atoms with van der Waals surface area (Å²) >= 11 is 0. The van der Waals surface area contributed by atoms with Crippen molar-refractivity contribution in [3.05, 3.63) is 17.8 Å². The molecular weight excluding hydrogens is 226 g/mol. The van der Waals surface area contributed by atoms with E-state index in [1.165, 1.54) is 25.8 Å². The highest BCUT2D eigenvalue weighted by Gasteiger charge is 2.30. The molecule has 0 amide bonds. The topological polar surface area (TPSA) is 56.1 Å². The molecule has 1 atom stereocenters. The van der Waals surface area contributed by atoms with Crippen molar-refractivity contribution in [2.75, 3.05) is 31.1 Å². The fourth-order valence-electron chi connectivity index (χ4n) is 2.99. The van der Waals surface area contributed by atoms with Crippen molar-refractivity contribution in [1.29, 1.82) is 5.26 Å². The Morgan fingerprint density at radius 2 is 2.22 bits per heavy atom. The van der Waals surface area contributed by atoms with E-state index in [1.54, 1.807) is 12.3 Å². The van der Waals surface area contributed by atoms with E-state index in [1.807, 2.05) is 0 Å². The van der Waals surface area contributed by atoms with Crippen LogP contribution in [0.3, 0.4) is 0 Å². The molecule has 2 saturated heterocycles. The first kappa shape index (κ1) is 11.4. The molecule has 0 saturated carbocycles. The first-order valence-electron chi connectivity index (χ1n) is 6.59. The second-order valence-electron chi connectivity index (χ2n) is 5.01. The van der Waals surface area contributed by atoms with Gasteiger partial charge in [-0.2, -0.15) is 10.4 Å². The van der Waals surface area contributed by atoms with E-state index in [0.29, 0.717) is 11.6 Å². The van der Waals surface area contributed by atoms with Gasteiger partial charge in [-0.1, -0.05) is 6.42 Å². The quantitative estimate of drug-likeness (QED) is 0.737. The maximum Gasteiger partial charge on any atom is 0.169 e. The van der Waals surface area contributed by atoms with Gasteiger partial charge in [0.05, 0.1) is 11.8 Å². The third kappa shape index (κ3) is 2.04. The Labute approximate surface area is 107 Å². The van der Waals surface area contributed by atoms with Gasteiger partial charge in [0, 0.05) is 25.7 Å². The van der Waals surface area contributed by atoms with Crippen molar-refractivity contribution >= 4 is 5.82 Å². The highest BCUT2D eigenvalue weighted by molar-refractivity contribution is 5.52. The predicted octanol–water partition coefficient (Wildman–Crippen LogP) is 1.02. The summed E-state index contributed by atoms with van der Waals surface area (Å²) in [5.41, 5.74) is 0.634. The number of nitrogens with zero attached hydrogens (tertiary/aromatic N) is 5. The molecule has 0 N–H and O–H groups in total. The third-order valence-corrected chi connectivity index (χ3v) is 3.96. The molecule has 5 nitrogen and oxygen atoms in total. The summed E-state index contributed by atoms with van der Waals surface area (Å²) in [4.78, 5) is 4.79. The molecule has 2 aliphatic heterocycles. The number of piperidine rings is 1. The van der Waals surface area contributed by atoms with E-state index in [4.69, 9.17) is 5.26 Å². The normalized spacial score (nSPS) is 24.4. The van der Waals surface area contributed by atoms with Crippen LogP contribution in [0.4, 0.5) is 5.82 Å². The Hall–Kier alpha value is -1.67. The average molecular weight is 243 g/mol. The standard InChI is InChI=1S/C13H17N5/c14-9-11-4-5-15-16-13(11)18-8-7-17-6-2-1-3-12(17)10-18/h4-5,12H,1-3,6-8,10H2. The van der Waals surface area contributed by atoms with Crippen LogP contribution in [0.5, 0.6) is 0 Å². The Morgan fingerprint density at radius 1 is 1.28 bits per heavy atom. The van der Waals surface area contributed by atoms with Crippen LogP contribution in [0.2, 0.25) is 0 Å². The number of nitriles is 1. The average Bonchev–Trinajstić information content (AvgIpc) is 2.46. The molecule has 1 aromatic rings. The largest absolute Gasteiger partial charge is 0.351 e. The zero-order valence-electron chi connectivity index (χ0n) is 10.4. The van der Waals surface area contributed by atoms with Crippen LogP contribution in [0, 0.1) is 11.3 Å². The van der Waals surface area contributed by atoms with Gasteiger partial charge in [-0.05, 0) is 25.5 Å². The summed E-state index contributed by atoms with van der Waals surface area (Å²) in [6.45, 7) is 4.23. The van der Waals surface area contributed by atoms with Gasteiger partial charge < -0.3 is 4.90 Å². The van der Waals surface area contributed by atoms with Crippen molar-refractivity contribution in [3.8, 4) is 6.07 Å². The first-order chi connectivity index (χ1) is 8.88. The molecular formula is C13H17N5. The molecule has 0 aromatic carbocycles. The highest BCUT2D eigenvalue weighted by Crippen LogP contribution is 2.25. The molecule has 2 aliphatic rings. The number of anilines is 1. The lowest BCUT2D eigenvalue weighted by Crippen LogP contribution is -2.55. The van der Waals surface area contributed by atoms with Gasteiger partial charge in [0.2, 0.25) is 0 Å². The molecule has 2 fully saturated rings. The van der Waals surface area contributed by atoms with Crippen LogP contribution in [-0.4, -0.2) is 47.3 Å². The lowest BCUT2D eigenvalue weighted by atomic mass is 9.99. The van der Waals surface area contributed by atoms with Gasteiger partial charge in [0.1, 0.15) is 6.07 Å². The van der Waals surface area contributed by atoms with Crippen LogP contribution in [-0.2, 0) is 0 Å². The van der Waals surface area contributed by atoms with E-state index in [9.17, 15) is 0 Å². The number of fused-ring (bicyclic) bond motifs is 1. The van der Waals surface area contributed by atoms with Gasteiger partial charge in [0.25, 0.3) is 0 Å². The first-order valence-corrected chi connectivity index (χ1v) is 6.59. The van der Waals surface area contributed by atoms with Gasteiger partial charge >= 0.3 is 0 Å². The highest BCUT2D eigenvalue weighted by atomic mass is 15.3. The summed E-state index contributed by atoms with van der Waals surface area (Å²) < 4.78 is 0. The predicted molar refractivity (Wildman–Crippen MR) is 68.2 cm³/mol. The minimum atomic E-state index is 0.626. The maximum atomic E-state index is 9.13. The van der Waals surface area contributed by atoms with Crippen LogP contribution in [0.15, 0.2) is 12.3 Å². The molecule has 1 unspecified atom stereocenters. The summed E-state index contributed by atoms with van der Waals surface area (Å²) in [7, 11) is 0. The summed E-state index contributed by atoms with van der Waals surface area (Å²) in [5.74, 6) is 0.755. The minimum Gasteiger partial charge on any atom is -0.351 e. The fourth-order valence-corrected chi connectivity index (χ4v) is 2.99. The van der Waals surface area contributed by atoms with Crippen molar-refractivity contribution in [2.24, 2.45) is 0 Å². The maximum absolute atomic E-state index is 9.13. The third-order valence-electron chi connectivity index (χ3n) is 3.96. The molecule has 0 bridgehead atoms. The number of hydrogen-bond donors (Lipinski definition) is 0. The summed E-state index contributed by atoms with van der Waals surface area (Å²) in [5, 5.41) is 17.2. The molecule has 0 spiro atoms. The van der Waals surface area contributed by atoms with Gasteiger partial charge in [-0.15, -0.1) is 5.10 Å². The summed E-state index contributed by atoms with van der Waals surface area (Å²) in [6, 6.07) is 4.58. The molecule has 1 aromatic heterocycles. The zero-order chi connectivity index (χ0) is 12.4. The van der Waals surface area contributed by atoms with Crippen molar-refractivity contribution in [3.63, 3.8) is 0 Å². The molecule has 18 heavy (non-hydrogen) atoms. The van der Waals surface area contributed by atoms with E-state index in [-0.39, 0.29) is 0 Å². The number of aromatic nitrogens is 2. The monoisotopic (exact) mass is 243 g/mol. The lowest BCUT2D eigenvalue weighted by molar-refractivity contribution is 0.133. The number of rotatable bonds is 1. The Kier molecular flexibility index (Phi) is 3.11.